The predicted octanol–water partition coefficient (Wildman–Crippen LogP) is 2.57. The lowest BCUT2D eigenvalue weighted by Gasteiger charge is -2.30. The van der Waals surface area contributed by atoms with Gasteiger partial charge in [0.15, 0.2) is 0 Å². The molecule has 1 aliphatic rings. The Labute approximate surface area is 120 Å². The molecule has 106 valence electrons. The minimum Gasteiger partial charge on any atom is -0.383 e. The molecule has 0 saturated carbocycles. The number of rotatable bonds is 7. The lowest BCUT2D eigenvalue weighted by atomic mass is 10.0. The molecule has 0 aliphatic carbocycles. The van der Waals surface area contributed by atoms with Gasteiger partial charge in [0.05, 0.1) is 6.61 Å². The van der Waals surface area contributed by atoms with Crippen molar-refractivity contribution in [1.29, 1.82) is 0 Å². The average Bonchev–Trinajstić information content (AvgIpc) is 2.45. The molecule has 0 saturated heterocycles. The van der Waals surface area contributed by atoms with Crippen LogP contribution in [0.15, 0.2) is 29.2 Å². The third kappa shape index (κ3) is 4.21. The summed E-state index contributed by atoms with van der Waals surface area (Å²) >= 11 is 1.96. The molecule has 0 amide bonds. The van der Waals surface area contributed by atoms with E-state index >= 15 is 0 Å². The minimum absolute atomic E-state index is 0.398. The standard InChI is InChI=1S/C15H24N2OS/c1-18-11-12(5-4-9-16)17-14-8-10-19-15-7-3-2-6-13(14)15/h2-3,6-7,12,14,17H,4-5,8-11,16H2,1H3. The van der Waals surface area contributed by atoms with E-state index in [0.717, 1.165) is 26.0 Å². The Morgan fingerprint density at radius 2 is 2.32 bits per heavy atom. The monoisotopic (exact) mass is 280 g/mol. The number of thioether (sulfide) groups is 1. The van der Waals surface area contributed by atoms with Crippen molar-refractivity contribution in [2.24, 2.45) is 5.73 Å². The van der Waals surface area contributed by atoms with Gasteiger partial charge < -0.3 is 15.8 Å². The van der Waals surface area contributed by atoms with Gasteiger partial charge in [-0.1, -0.05) is 18.2 Å². The van der Waals surface area contributed by atoms with E-state index in [1.54, 1.807) is 7.11 Å². The number of hydrogen-bond donors (Lipinski definition) is 2. The van der Waals surface area contributed by atoms with E-state index in [-0.39, 0.29) is 0 Å². The number of nitrogens with two attached hydrogens (primary N) is 1. The van der Waals surface area contributed by atoms with E-state index in [1.807, 2.05) is 11.8 Å². The highest BCUT2D eigenvalue weighted by Gasteiger charge is 2.22. The van der Waals surface area contributed by atoms with Crippen molar-refractivity contribution in [2.75, 3.05) is 26.0 Å². The first-order valence-corrected chi connectivity index (χ1v) is 8.00. The fourth-order valence-electron chi connectivity index (χ4n) is 2.58. The number of fused-ring (bicyclic) bond motifs is 1. The highest BCUT2D eigenvalue weighted by molar-refractivity contribution is 7.99. The topological polar surface area (TPSA) is 47.3 Å². The second kappa shape index (κ2) is 7.90. The van der Waals surface area contributed by atoms with E-state index in [1.165, 1.54) is 22.6 Å². The van der Waals surface area contributed by atoms with E-state index in [2.05, 4.69) is 29.6 Å². The van der Waals surface area contributed by atoms with E-state index in [0.29, 0.717) is 12.1 Å². The maximum Gasteiger partial charge on any atom is 0.0616 e. The first-order valence-electron chi connectivity index (χ1n) is 7.02. The zero-order valence-corrected chi connectivity index (χ0v) is 12.4. The molecule has 3 N–H and O–H groups in total. The molecule has 1 heterocycles. The van der Waals surface area contributed by atoms with Crippen molar-refractivity contribution in [3.8, 4) is 0 Å². The van der Waals surface area contributed by atoms with Crippen LogP contribution in [0.3, 0.4) is 0 Å². The van der Waals surface area contributed by atoms with Gasteiger partial charge in [0.2, 0.25) is 0 Å². The highest BCUT2D eigenvalue weighted by Crippen LogP contribution is 2.36. The first-order chi connectivity index (χ1) is 9.35. The van der Waals surface area contributed by atoms with Crippen LogP contribution in [-0.2, 0) is 4.74 Å². The van der Waals surface area contributed by atoms with E-state index < -0.39 is 0 Å². The Hall–Kier alpha value is -0.550. The molecular weight excluding hydrogens is 256 g/mol. The highest BCUT2D eigenvalue weighted by atomic mass is 32.2. The smallest absolute Gasteiger partial charge is 0.0616 e. The summed E-state index contributed by atoms with van der Waals surface area (Å²) in [5, 5.41) is 3.75. The molecular formula is C15H24N2OS. The second-order valence-corrected chi connectivity index (χ2v) is 6.11. The SMILES string of the molecule is COCC(CCCN)NC1CCSc2ccccc21. The summed E-state index contributed by atoms with van der Waals surface area (Å²) in [6.07, 6.45) is 3.31. The van der Waals surface area contributed by atoms with E-state index in [9.17, 15) is 0 Å². The van der Waals surface area contributed by atoms with Crippen LogP contribution in [0.2, 0.25) is 0 Å². The molecule has 1 aromatic rings. The van der Waals surface area contributed by atoms with Gasteiger partial charge in [0.25, 0.3) is 0 Å². The summed E-state index contributed by atoms with van der Waals surface area (Å²) in [5.74, 6) is 1.19. The van der Waals surface area contributed by atoms with Gasteiger partial charge in [-0.05, 0) is 43.2 Å². The molecule has 2 atom stereocenters. The van der Waals surface area contributed by atoms with Crippen LogP contribution in [0, 0.1) is 0 Å². The minimum atomic E-state index is 0.398. The van der Waals surface area contributed by atoms with Gasteiger partial charge >= 0.3 is 0 Å². The molecule has 2 rings (SSSR count). The maximum absolute atomic E-state index is 5.61. The molecule has 0 radical (unpaired) electrons. The Balaban J connectivity index is 2.01. The normalized spacial score (nSPS) is 20.0. The zero-order valence-electron chi connectivity index (χ0n) is 11.6. The van der Waals surface area contributed by atoms with Crippen LogP contribution in [-0.4, -0.2) is 32.1 Å². The summed E-state index contributed by atoms with van der Waals surface area (Å²) in [5.41, 5.74) is 7.05. The van der Waals surface area contributed by atoms with Crippen molar-refractivity contribution in [3.05, 3.63) is 29.8 Å². The van der Waals surface area contributed by atoms with E-state index in [4.69, 9.17) is 10.5 Å². The van der Waals surface area contributed by atoms with Crippen LogP contribution in [0.4, 0.5) is 0 Å². The van der Waals surface area contributed by atoms with Gasteiger partial charge in [-0.15, -0.1) is 11.8 Å². The number of nitrogens with one attached hydrogen (secondary N) is 1. The van der Waals surface area contributed by atoms with Crippen molar-refractivity contribution >= 4 is 11.8 Å². The van der Waals surface area contributed by atoms with Crippen molar-refractivity contribution < 1.29 is 4.74 Å². The summed E-state index contributed by atoms with van der Waals surface area (Å²) in [7, 11) is 1.77. The molecule has 19 heavy (non-hydrogen) atoms. The predicted molar refractivity (Wildman–Crippen MR) is 81.6 cm³/mol. The number of ether oxygens (including phenoxy) is 1. The molecule has 0 aromatic heterocycles. The van der Waals surface area contributed by atoms with Gasteiger partial charge in [-0.2, -0.15) is 0 Å². The third-order valence-electron chi connectivity index (χ3n) is 3.52. The van der Waals surface area contributed by atoms with Crippen molar-refractivity contribution in [1.82, 2.24) is 5.32 Å². The van der Waals surface area contributed by atoms with Crippen LogP contribution < -0.4 is 11.1 Å². The number of benzene rings is 1. The summed E-state index contributed by atoms with van der Waals surface area (Å²) in [6, 6.07) is 9.57. The maximum atomic E-state index is 5.61. The summed E-state index contributed by atoms with van der Waals surface area (Å²) in [4.78, 5) is 1.42. The van der Waals surface area contributed by atoms with Crippen molar-refractivity contribution in [2.45, 2.75) is 36.2 Å². The fourth-order valence-corrected chi connectivity index (χ4v) is 3.71. The lowest BCUT2D eigenvalue weighted by Crippen LogP contribution is -2.37. The molecule has 4 heteroatoms. The van der Waals surface area contributed by atoms with Gasteiger partial charge in [-0.25, -0.2) is 0 Å². The quantitative estimate of drug-likeness (QED) is 0.806. The van der Waals surface area contributed by atoms with Crippen LogP contribution >= 0.6 is 11.8 Å². The zero-order chi connectivity index (χ0) is 13.5. The third-order valence-corrected chi connectivity index (χ3v) is 4.64. The Kier molecular flexibility index (Phi) is 6.17. The van der Waals surface area contributed by atoms with Gasteiger partial charge in [0, 0.05) is 24.1 Å². The molecule has 0 spiro atoms. The second-order valence-electron chi connectivity index (χ2n) is 4.98. The van der Waals surface area contributed by atoms with Gasteiger partial charge in [0.1, 0.15) is 0 Å². The fraction of sp³-hybridized carbons (Fsp3) is 0.600. The number of methoxy groups -OCH3 is 1. The Morgan fingerprint density at radius 3 is 3.11 bits per heavy atom. The average molecular weight is 280 g/mol. The summed E-state index contributed by atoms with van der Waals surface area (Å²) in [6.45, 7) is 1.50. The Morgan fingerprint density at radius 1 is 1.47 bits per heavy atom. The largest absolute Gasteiger partial charge is 0.383 e. The van der Waals surface area contributed by atoms with Crippen LogP contribution in [0.5, 0.6) is 0 Å². The molecule has 1 aliphatic heterocycles. The first kappa shape index (κ1) is 14.9. The summed E-state index contributed by atoms with van der Waals surface area (Å²) < 4.78 is 5.32. The van der Waals surface area contributed by atoms with Crippen molar-refractivity contribution in [3.63, 3.8) is 0 Å². The molecule has 1 aromatic carbocycles. The van der Waals surface area contributed by atoms with Crippen LogP contribution in [0.1, 0.15) is 30.9 Å². The number of hydrogen-bond acceptors (Lipinski definition) is 4. The molecule has 3 nitrogen and oxygen atoms in total. The Bertz CT molecular complexity index is 386. The lowest BCUT2D eigenvalue weighted by molar-refractivity contribution is 0.154. The van der Waals surface area contributed by atoms with Gasteiger partial charge in [-0.3, -0.25) is 0 Å². The molecule has 0 bridgehead atoms. The molecule has 0 fully saturated rings. The van der Waals surface area contributed by atoms with Crippen LogP contribution in [0.25, 0.3) is 0 Å². The molecule has 2 unspecified atom stereocenters.